The largest absolute Gasteiger partial charge is 0.282 e. The highest BCUT2D eigenvalue weighted by atomic mass is 79.9. The van der Waals surface area contributed by atoms with Crippen molar-refractivity contribution in [2.45, 2.75) is 26.7 Å². The fourth-order valence-electron chi connectivity index (χ4n) is 2.01. The fraction of sp³-hybridized carbons (Fsp3) is 0.357. The summed E-state index contributed by atoms with van der Waals surface area (Å²) in [6.45, 7) is 4.17. The van der Waals surface area contributed by atoms with Gasteiger partial charge in [0.05, 0.1) is 0 Å². The van der Waals surface area contributed by atoms with Gasteiger partial charge in [0, 0.05) is 15.1 Å². The molecule has 2 heterocycles. The number of rotatable bonds is 4. The van der Waals surface area contributed by atoms with Crippen LogP contribution in [0.2, 0.25) is 0 Å². The number of aryl methyl sites for hydroxylation is 1. The third-order valence-corrected chi connectivity index (χ3v) is 5.59. The van der Waals surface area contributed by atoms with E-state index < -0.39 is 0 Å². The van der Waals surface area contributed by atoms with E-state index in [1.54, 1.807) is 17.4 Å². The first kappa shape index (κ1) is 14.1. The molecule has 0 N–H and O–H groups in total. The lowest BCUT2D eigenvalue weighted by atomic mass is 10.0. The van der Waals surface area contributed by atoms with Gasteiger partial charge in [0.25, 0.3) is 0 Å². The Morgan fingerprint density at radius 2 is 2.17 bits per heavy atom. The van der Waals surface area contributed by atoms with Crippen LogP contribution in [-0.2, 0) is 4.79 Å². The quantitative estimate of drug-likeness (QED) is 0.702. The van der Waals surface area contributed by atoms with Crippen molar-refractivity contribution in [2.75, 3.05) is 5.33 Å². The van der Waals surface area contributed by atoms with Crippen LogP contribution >= 0.6 is 39.0 Å². The predicted molar refractivity (Wildman–Crippen MR) is 85.4 cm³/mol. The van der Waals surface area contributed by atoms with Gasteiger partial charge in [-0.1, -0.05) is 15.9 Å². The second-order valence-corrected chi connectivity index (χ2v) is 7.01. The highest BCUT2D eigenvalue weighted by molar-refractivity contribution is 9.09. The van der Waals surface area contributed by atoms with Crippen LogP contribution in [0.5, 0.6) is 0 Å². The molecule has 0 saturated heterocycles. The lowest BCUT2D eigenvalue weighted by molar-refractivity contribution is -0.106. The number of carbonyl (C=O) groups is 1. The summed E-state index contributed by atoms with van der Waals surface area (Å²) in [4.78, 5) is 14.1. The molecule has 0 spiro atoms. The smallest absolute Gasteiger partial charge is 0.217 e. The predicted octanol–water partition coefficient (Wildman–Crippen LogP) is 5.16. The Morgan fingerprint density at radius 1 is 1.39 bits per heavy atom. The molecule has 96 valence electrons. The number of thioether (sulfide) groups is 1. The first-order chi connectivity index (χ1) is 8.63. The summed E-state index contributed by atoms with van der Waals surface area (Å²) in [6, 6.07) is 2.15. The van der Waals surface area contributed by atoms with Crippen LogP contribution in [0.25, 0.3) is 5.57 Å². The van der Waals surface area contributed by atoms with E-state index in [1.165, 1.54) is 32.7 Å². The van der Waals surface area contributed by atoms with E-state index in [0.717, 1.165) is 23.7 Å². The maximum absolute atomic E-state index is 11.5. The monoisotopic (exact) mass is 342 g/mol. The molecule has 1 aliphatic rings. The normalized spacial score (nSPS) is 18.2. The van der Waals surface area contributed by atoms with Crippen LogP contribution < -0.4 is 0 Å². The highest BCUT2D eigenvalue weighted by Crippen LogP contribution is 2.42. The molecule has 0 fully saturated rings. The minimum absolute atomic E-state index is 0.160. The van der Waals surface area contributed by atoms with Gasteiger partial charge in [-0.2, -0.15) is 0 Å². The number of thiophene rings is 1. The van der Waals surface area contributed by atoms with Gasteiger partial charge in [-0.15, -0.1) is 11.3 Å². The third kappa shape index (κ3) is 2.98. The van der Waals surface area contributed by atoms with Crippen molar-refractivity contribution in [1.82, 2.24) is 0 Å². The highest BCUT2D eigenvalue weighted by Gasteiger charge is 2.21. The summed E-state index contributed by atoms with van der Waals surface area (Å²) in [5.74, 6) is 0. The summed E-state index contributed by atoms with van der Waals surface area (Å²) in [5, 5.41) is 3.28. The van der Waals surface area contributed by atoms with E-state index in [-0.39, 0.29) is 5.12 Å². The first-order valence-corrected chi connectivity index (χ1v) is 8.69. The molecule has 0 aromatic carbocycles. The zero-order valence-electron chi connectivity index (χ0n) is 10.5. The fourth-order valence-corrected chi connectivity index (χ4v) is 4.35. The Kier molecular flexibility index (Phi) is 4.87. The van der Waals surface area contributed by atoms with Crippen LogP contribution in [0.1, 0.15) is 30.2 Å². The van der Waals surface area contributed by atoms with Crippen molar-refractivity contribution in [3.8, 4) is 0 Å². The van der Waals surface area contributed by atoms with Gasteiger partial charge in [0.15, 0.2) is 0 Å². The molecule has 18 heavy (non-hydrogen) atoms. The number of alkyl halides is 1. The first-order valence-electron chi connectivity index (χ1n) is 5.87. The van der Waals surface area contributed by atoms with Crippen LogP contribution in [0.3, 0.4) is 0 Å². The molecule has 0 amide bonds. The van der Waals surface area contributed by atoms with Crippen LogP contribution in [0, 0.1) is 6.92 Å². The number of hydrogen-bond acceptors (Lipinski definition) is 3. The molecule has 0 radical (unpaired) electrons. The van der Waals surface area contributed by atoms with Crippen molar-refractivity contribution < 1.29 is 4.79 Å². The summed E-state index contributed by atoms with van der Waals surface area (Å²) < 4.78 is 0. The SMILES string of the molecule is CC1=CC(=O)S/C1=C(\CCCBr)c1sccc1C. The summed E-state index contributed by atoms with van der Waals surface area (Å²) in [6.07, 6.45) is 3.86. The van der Waals surface area contributed by atoms with Crippen molar-refractivity contribution in [1.29, 1.82) is 0 Å². The molecule has 0 saturated carbocycles. The molecule has 0 bridgehead atoms. The molecule has 2 rings (SSSR count). The van der Waals surface area contributed by atoms with E-state index in [2.05, 4.69) is 34.3 Å². The Bertz CT molecular complexity index is 526. The minimum atomic E-state index is 0.160. The second kappa shape index (κ2) is 6.22. The minimum Gasteiger partial charge on any atom is -0.282 e. The van der Waals surface area contributed by atoms with Gasteiger partial charge in [-0.25, -0.2) is 0 Å². The molecule has 4 heteroatoms. The van der Waals surface area contributed by atoms with Crippen molar-refractivity contribution in [3.05, 3.63) is 38.4 Å². The lowest BCUT2D eigenvalue weighted by Crippen LogP contribution is -1.90. The zero-order valence-corrected chi connectivity index (χ0v) is 13.7. The van der Waals surface area contributed by atoms with Crippen molar-refractivity contribution >= 4 is 49.7 Å². The summed E-state index contributed by atoms with van der Waals surface area (Å²) in [5.41, 5.74) is 3.76. The van der Waals surface area contributed by atoms with E-state index in [4.69, 9.17) is 0 Å². The molecule has 0 aliphatic carbocycles. The standard InChI is InChI=1S/C14H15BrOS2/c1-9-5-7-17-13(9)11(4-3-6-15)14-10(2)8-12(16)18-14/h5,7-8H,3-4,6H2,1-2H3/b14-11+. The lowest BCUT2D eigenvalue weighted by Gasteiger charge is -2.11. The van der Waals surface area contributed by atoms with Gasteiger partial charge < -0.3 is 0 Å². The Hall–Kier alpha value is -0.320. The summed E-state index contributed by atoms with van der Waals surface area (Å²) >= 11 is 6.64. The van der Waals surface area contributed by atoms with Gasteiger partial charge in [0.2, 0.25) is 5.12 Å². The van der Waals surface area contributed by atoms with Gasteiger partial charge >= 0.3 is 0 Å². The number of carbonyl (C=O) groups excluding carboxylic acids is 1. The maximum atomic E-state index is 11.5. The molecular formula is C14H15BrOS2. The Morgan fingerprint density at radius 3 is 2.67 bits per heavy atom. The molecule has 0 atom stereocenters. The average Bonchev–Trinajstić information content (AvgIpc) is 2.87. The third-order valence-electron chi connectivity index (χ3n) is 2.87. The topological polar surface area (TPSA) is 17.1 Å². The van der Waals surface area contributed by atoms with Crippen molar-refractivity contribution in [3.63, 3.8) is 0 Å². The zero-order chi connectivity index (χ0) is 13.1. The Labute approximate surface area is 124 Å². The van der Waals surface area contributed by atoms with E-state index in [9.17, 15) is 4.79 Å². The molecule has 1 nitrogen and oxygen atoms in total. The van der Waals surface area contributed by atoms with Gasteiger partial charge in [-0.3, -0.25) is 4.79 Å². The van der Waals surface area contributed by atoms with E-state index >= 15 is 0 Å². The number of allylic oxidation sites excluding steroid dienone is 2. The van der Waals surface area contributed by atoms with Crippen LogP contribution in [-0.4, -0.2) is 10.4 Å². The maximum Gasteiger partial charge on any atom is 0.217 e. The summed E-state index contributed by atoms with van der Waals surface area (Å²) in [7, 11) is 0. The molecule has 1 aliphatic heterocycles. The van der Waals surface area contributed by atoms with E-state index in [0.29, 0.717) is 0 Å². The molecular weight excluding hydrogens is 328 g/mol. The molecule has 1 aromatic heterocycles. The Balaban J connectivity index is 2.44. The molecule has 1 aromatic rings. The van der Waals surface area contributed by atoms with Crippen LogP contribution in [0.4, 0.5) is 0 Å². The van der Waals surface area contributed by atoms with Gasteiger partial charge in [0.1, 0.15) is 0 Å². The number of halogens is 1. The van der Waals surface area contributed by atoms with Crippen molar-refractivity contribution in [2.24, 2.45) is 0 Å². The second-order valence-electron chi connectivity index (χ2n) is 4.28. The van der Waals surface area contributed by atoms with Crippen LogP contribution in [0.15, 0.2) is 28.0 Å². The van der Waals surface area contributed by atoms with Gasteiger partial charge in [-0.05, 0) is 72.7 Å². The van der Waals surface area contributed by atoms with E-state index in [1.807, 2.05) is 6.92 Å². The average molecular weight is 343 g/mol. The molecule has 0 unspecified atom stereocenters. The number of hydrogen-bond donors (Lipinski definition) is 0.